The lowest BCUT2D eigenvalue weighted by Crippen LogP contribution is -2.43. The molecule has 1 aliphatic carbocycles. The zero-order valence-electron chi connectivity index (χ0n) is 9.00. The largest absolute Gasteiger partial charge is 0.351 e. The van der Waals surface area contributed by atoms with Gasteiger partial charge in [-0.1, -0.05) is 11.6 Å². The molecule has 0 spiro atoms. The molecule has 1 fully saturated rings. The first kappa shape index (κ1) is 12.1. The van der Waals surface area contributed by atoms with E-state index in [1.807, 2.05) is 6.07 Å². The first-order chi connectivity index (χ1) is 7.72. The highest BCUT2D eigenvalue weighted by atomic mass is 79.9. The van der Waals surface area contributed by atoms with Gasteiger partial charge >= 0.3 is 0 Å². The van der Waals surface area contributed by atoms with E-state index in [9.17, 15) is 0 Å². The predicted octanol–water partition coefficient (Wildman–Crippen LogP) is 2.82. The van der Waals surface area contributed by atoms with Crippen LogP contribution in [0.15, 0.2) is 16.7 Å². The van der Waals surface area contributed by atoms with Crippen molar-refractivity contribution in [3.05, 3.63) is 21.8 Å². The van der Waals surface area contributed by atoms with Gasteiger partial charge in [0, 0.05) is 25.3 Å². The minimum Gasteiger partial charge on any atom is -0.351 e. The standard InChI is InChI=1S/C11H15BrClN3/c12-10-6-8(13)7-15-11(10)16(5-4-14)9-2-1-3-9/h6-7,9H,1-5,14H2. The molecule has 1 heterocycles. The van der Waals surface area contributed by atoms with Crippen LogP contribution in [0.1, 0.15) is 19.3 Å². The highest BCUT2D eigenvalue weighted by Gasteiger charge is 2.26. The minimum atomic E-state index is 0.591. The monoisotopic (exact) mass is 303 g/mol. The molecule has 3 nitrogen and oxygen atoms in total. The molecule has 0 radical (unpaired) electrons. The maximum atomic E-state index is 5.89. The number of halogens is 2. The van der Waals surface area contributed by atoms with Crippen LogP contribution in [0, 0.1) is 0 Å². The molecule has 2 rings (SSSR count). The summed E-state index contributed by atoms with van der Waals surface area (Å²) in [7, 11) is 0. The van der Waals surface area contributed by atoms with Gasteiger partial charge in [-0.3, -0.25) is 0 Å². The molecule has 2 N–H and O–H groups in total. The second-order valence-corrected chi connectivity index (χ2v) is 5.32. The molecule has 1 aromatic heterocycles. The van der Waals surface area contributed by atoms with Crippen LogP contribution in [-0.2, 0) is 0 Å². The average Bonchev–Trinajstić information content (AvgIpc) is 2.14. The number of hydrogen-bond donors (Lipinski definition) is 1. The number of hydrogen-bond acceptors (Lipinski definition) is 3. The van der Waals surface area contributed by atoms with Gasteiger partial charge in [-0.15, -0.1) is 0 Å². The third-order valence-electron chi connectivity index (χ3n) is 2.95. The van der Waals surface area contributed by atoms with Gasteiger partial charge in [0.25, 0.3) is 0 Å². The SMILES string of the molecule is NCCN(c1ncc(Cl)cc1Br)C1CCC1. The quantitative estimate of drug-likeness (QED) is 0.930. The van der Waals surface area contributed by atoms with Gasteiger partial charge in [-0.25, -0.2) is 4.98 Å². The number of anilines is 1. The first-order valence-corrected chi connectivity index (χ1v) is 6.67. The molecule has 1 saturated carbocycles. The Kier molecular flexibility index (Phi) is 4.05. The summed E-state index contributed by atoms with van der Waals surface area (Å²) in [5.41, 5.74) is 5.65. The van der Waals surface area contributed by atoms with E-state index in [1.54, 1.807) is 6.20 Å². The van der Waals surface area contributed by atoms with Crippen molar-refractivity contribution >= 4 is 33.3 Å². The molecule has 0 aromatic carbocycles. The maximum absolute atomic E-state index is 5.89. The van der Waals surface area contributed by atoms with E-state index in [1.165, 1.54) is 19.3 Å². The van der Waals surface area contributed by atoms with Crippen LogP contribution < -0.4 is 10.6 Å². The van der Waals surface area contributed by atoms with E-state index in [2.05, 4.69) is 25.8 Å². The topological polar surface area (TPSA) is 42.1 Å². The van der Waals surface area contributed by atoms with Crippen LogP contribution in [0.4, 0.5) is 5.82 Å². The van der Waals surface area contributed by atoms with Crippen LogP contribution in [0.3, 0.4) is 0 Å². The van der Waals surface area contributed by atoms with Crippen molar-refractivity contribution in [1.29, 1.82) is 0 Å². The highest BCUT2D eigenvalue weighted by Crippen LogP contribution is 2.33. The highest BCUT2D eigenvalue weighted by molar-refractivity contribution is 9.10. The molecule has 0 atom stereocenters. The smallest absolute Gasteiger partial charge is 0.143 e. The van der Waals surface area contributed by atoms with Crippen LogP contribution in [0.2, 0.25) is 5.02 Å². The van der Waals surface area contributed by atoms with Crippen LogP contribution in [-0.4, -0.2) is 24.1 Å². The molecule has 0 aliphatic heterocycles. The van der Waals surface area contributed by atoms with Crippen LogP contribution in [0.25, 0.3) is 0 Å². The van der Waals surface area contributed by atoms with E-state index >= 15 is 0 Å². The maximum Gasteiger partial charge on any atom is 0.143 e. The lowest BCUT2D eigenvalue weighted by Gasteiger charge is -2.38. The lowest BCUT2D eigenvalue weighted by atomic mass is 9.91. The Bertz CT molecular complexity index is 368. The third-order valence-corrected chi connectivity index (χ3v) is 3.74. The Hall–Kier alpha value is -0.320. The van der Waals surface area contributed by atoms with Gasteiger partial charge in [0.1, 0.15) is 5.82 Å². The number of nitrogens with zero attached hydrogens (tertiary/aromatic N) is 2. The van der Waals surface area contributed by atoms with Gasteiger partial charge in [-0.2, -0.15) is 0 Å². The fraction of sp³-hybridized carbons (Fsp3) is 0.545. The molecule has 0 saturated heterocycles. The molecule has 0 unspecified atom stereocenters. The van der Waals surface area contributed by atoms with Crippen molar-refractivity contribution in [1.82, 2.24) is 4.98 Å². The summed E-state index contributed by atoms with van der Waals surface area (Å²) in [5, 5.41) is 0.650. The Labute approximate surface area is 109 Å². The second-order valence-electron chi connectivity index (χ2n) is 4.03. The number of rotatable bonds is 4. The third kappa shape index (κ3) is 2.50. The number of aromatic nitrogens is 1. The lowest BCUT2D eigenvalue weighted by molar-refractivity contribution is 0.385. The van der Waals surface area contributed by atoms with Crippen LogP contribution in [0.5, 0.6) is 0 Å². The molecule has 1 aliphatic rings. The van der Waals surface area contributed by atoms with Gasteiger partial charge in [0.05, 0.1) is 9.50 Å². The Balaban J connectivity index is 2.23. The second kappa shape index (κ2) is 5.34. The number of pyridine rings is 1. The van der Waals surface area contributed by atoms with E-state index in [-0.39, 0.29) is 0 Å². The van der Waals surface area contributed by atoms with Crippen molar-refractivity contribution in [2.45, 2.75) is 25.3 Å². The summed E-state index contributed by atoms with van der Waals surface area (Å²) in [6.07, 6.45) is 5.45. The number of nitrogens with two attached hydrogens (primary N) is 1. The van der Waals surface area contributed by atoms with Gasteiger partial charge < -0.3 is 10.6 Å². The first-order valence-electron chi connectivity index (χ1n) is 5.50. The van der Waals surface area contributed by atoms with Crippen molar-refractivity contribution in [2.75, 3.05) is 18.0 Å². The van der Waals surface area contributed by atoms with Crippen molar-refractivity contribution in [3.63, 3.8) is 0 Å². The van der Waals surface area contributed by atoms with Crippen molar-refractivity contribution in [3.8, 4) is 0 Å². The summed E-state index contributed by atoms with van der Waals surface area (Å²) in [4.78, 5) is 6.67. The molecule has 1 aromatic rings. The summed E-state index contributed by atoms with van der Waals surface area (Å²) >= 11 is 9.40. The summed E-state index contributed by atoms with van der Waals surface area (Å²) in [5.74, 6) is 0.958. The fourth-order valence-electron chi connectivity index (χ4n) is 1.92. The minimum absolute atomic E-state index is 0.591. The molecular weight excluding hydrogens is 289 g/mol. The Morgan fingerprint density at radius 2 is 2.31 bits per heavy atom. The van der Waals surface area contributed by atoms with Gasteiger partial charge in [0.15, 0.2) is 0 Å². The summed E-state index contributed by atoms with van der Waals surface area (Å²) in [6, 6.07) is 2.47. The summed E-state index contributed by atoms with van der Waals surface area (Å²) < 4.78 is 0.945. The van der Waals surface area contributed by atoms with Crippen LogP contribution >= 0.6 is 27.5 Å². The zero-order chi connectivity index (χ0) is 11.5. The fourth-order valence-corrected chi connectivity index (χ4v) is 2.78. The van der Waals surface area contributed by atoms with Crippen molar-refractivity contribution < 1.29 is 0 Å². The Morgan fingerprint density at radius 1 is 1.56 bits per heavy atom. The Morgan fingerprint density at radius 3 is 2.81 bits per heavy atom. The molecule has 0 amide bonds. The molecule has 16 heavy (non-hydrogen) atoms. The van der Waals surface area contributed by atoms with Gasteiger partial charge in [0.2, 0.25) is 0 Å². The van der Waals surface area contributed by atoms with E-state index < -0.39 is 0 Å². The molecular formula is C11H15BrClN3. The molecule has 88 valence electrons. The zero-order valence-corrected chi connectivity index (χ0v) is 11.3. The summed E-state index contributed by atoms with van der Waals surface area (Å²) in [6.45, 7) is 1.49. The van der Waals surface area contributed by atoms with Crippen molar-refractivity contribution in [2.24, 2.45) is 5.73 Å². The average molecular weight is 305 g/mol. The van der Waals surface area contributed by atoms with E-state index in [0.29, 0.717) is 17.6 Å². The van der Waals surface area contributed by atoms with E-state index in [4.69, 9.17) is 17.3 Å². The molecule has 0 bridgehead atoms. The predicted molar refractivity (Wildman–Crippen MR) is 71.0 cm³/mol. The van der Waals surface area contributed by atoms with E-state index in [0.717, 1.165) is 16.8 Å². The van der Waals surface area contributed by atoms with Gasteiger partial charge in [-0.05, 0) is 41.3 Å². The normalized spacial score (nSPS) is 15.9. The molecule has 5 heteroatoms.